The van der Waals surface area contributed by atoms with Crippen LogP contribution in [0.4, 0.5) is 0 Å². The van der Waals surface area contributed by atoms with Crippen molar-refractivity contribution in [2.45, 2.75) is 46.0 Å². The maximum absolute atomic E-state index is 11.4. The summed E-state index contributed by atoms with van der Waals surface area (Å²) in [4.78, 5) is 45.2. The molecule has 0 saturated heterocycles. The van der Waals surface area contributed by atoms with Gasteiger partial charge in [-0.1, -0.05) is 30.7 Å². The van der Waals surface area contributed by atoms with E-state index in [4.69, 9.17) is 0 Å². The maximum Gasteiger partial charge on any atom is 0.346 e. The van der Waals surface area contributed by atoms with Crippen molar-refractivity contribution in [2.75, 3.05) is 0 Å². The summed E-state index contributed by atoms with van der Waals surface area (Å²) < 4.78 is 9.01. The summed E-state index contributed by atoms with van der Waals surface area (Å²) >= 11 is 0. The molecule has 0 aliphatic carbocycles. The quantitative estimate of drug-likeness (QED) is 0.382. The van der Waals surface area contributed by atoms with Crippen LogP contribution in [-0.4, -0.2) is 23.9 Å². The Balaban J connectivity index is 1.65. The Morgan fingerprint density at radius 2 is 1.04 bits per heavy atom. The molecule has 0 amide bonds. The fourth-order valence-electron chi connectivity index (χ4n) is 2.45. The zero-order valence-corrected chi connectivity index (χ0v) is 14.3. The van der Waals surface area contributed by atoms with Gasteiger partial charge in [0, 0.05) is 11.1 Å². The molecule has 2 heterocycles. The van der Waals surface area contributed by atoms with Crippen LogP contribution in [0.1, 0.15) is 46.0 Å². The van der Waals surface area contributed by atoms with E-state index in [-0.39, 0.29) is 0 Å². The lowest BCUT2D eigenvalue weighted by Gasteiger charge is -1.96. The average Bonchev–Trinajstić information content (AvgIpc) is 2.95. The Kier molecular flexibility index (Phi) is 6.22. The number of carbonyl (C=O) groups is 4. The van der Waals surface area contributed by atoms with Gasteiger partial charge in [-0.15, -0.1) is 0 Å². The minimum absolute atomic E-state index is 0.328. The third-order valence-electron chi connectivity index (χ3n) is 4.04. The summed E-state index contributed by atoms with van der Waals surface area (Å²) in [5, 5.41) is 0. The summed E-state index contributed by atoms with van der Waals surface area (Å²) in [5.41, 5.74) is 1.35. The highest BCUT2D eigenvalue weighted by Crippen LogP contribution is 2.19. The zero-order chi connectivity index (χ0) is 18.4. The van der Waals surface area contributed by atoms with Gasteiger partial charge >= 0.3 is 23.9 Å². The minimum atomic E-state index is -0.586. The van der Waals surface area contributed by atoms with Crippen molar-refractivity contribution in [3.63, 3.8) is 0 Å². The minimum Gasteiger partial charge on any atom is -0.386 e. The van der Waals surface area contributed by atoms with E-state index < -0.39 is 23.9 Å². The second-order valence-electron chi connectivity index (χ2n) is 5.87. The fourth-order valence-corrected chi connectivity index (χ4v) is 2.45. The van der Waals surface area contributed by atoms with Crippen LogP contribution in [0.15, 0.2) is 46.6 Å². The van der Waals surface area contributed by atoms with E-state index >= 15 is 0 Å². The first-order valence-electron chi connectivity index (χ1n) is 8.19. The Hall–Kier alpha value is -2.76. The first-order chi connectivity index (χ1) is 11.9. The summed E-state index contributed by atoms with van der Waals surface area (Å²) in [7, 11) is 0. The van der Waals surface area contributed by atoms with Crippen molar-refractivity contribution in [3.8, 4) is 0 Å². The van der Waals surface area contributed by atoms with Crippen LogP contribution in [0, 0.1) is 0 Å². The Morgan fingerprint density at radius 3 is 1.36 bits per heavy atom. The van der Waals surface area contributed by atoms with Crippen LogP contribution in [-0.2, 0) is 28.7 Å². The van der Waals surface area contributed by atoms with Crippen molar-refractivity contribution >= 4 is 23.9 Å². The van der Waals surface area contributed by atoms with Gasteiger partial charge in [-0.25, -0.2) is 19.2 Å². The number of rotatable bonds is 8. The molecular formula is C19H20O6. The summed E-state index contributed by atoms with van der Waals surface area (Å²) in [6, 6.07) is 0. The standard InChI is InChI=1S/C19H20O6/c1-12-14(18(22)24-16(12)20)10-8-6-4-3-5-7-9-11-15-13(2)17(21)25-19(15)23/h8-11H,3-7H2,1-2H3/b10-8+,11-9+. The summed E-state index contributed by atoms with van der Waals surface area (Å²) in [5.74, 6) is -2.32. The molecule has 0 atom stereocenters. The number of ether oxygens (including phenoxy) is 2. The third kappa shape index (κ3) is 4.62. The number of carbonyl (C=O) groups excluding carboxylic acids is 4. The van der Waals surface area contributed by atoms with Gasteiger partial charge in [0.25, 0.3) is 0 Å². The van der Waals surface area contributed by atoms with Gasteiger partial charge in [-0.05, 0) is 39.5 Å². The molecule has 0 aromatic heterocycles. The predicted octanol–water partition coefficient (Wildman–Crippen LogP) is 2.85. The molecule has 0 aromatic carbocycles. The lowest BCUT2D eigenvalue weighted by Crippen LogP contribution is -2.00. The first kappa shape index (κ1) is 18.6. The van der Waals surface area contributed by atoms with Crippen LogP contribution in [0.3, 0.4) is 0 Å². The van der Waals surface area contributed by atoms with Gasteiger partial charge in [-0.2, -0.15) is 0 Å². The van der Waals surface area contributed by atoms with Gasteiger partial charge in [0.1, 0.15) is 0 Å². The molecule has 2 aliphatic rings. The topological polar surface area (TPSA) is 86.7 Å². The highest BCUT2D eigenvalue weighted by atomic mass is 16.6. The van der Waals surface area contributed by atoms with Crippen molar-refractivity contribution in [1.29, 1.82) is 0 Å². The SMILES string of the molecule is CC1=C(/C=C/CCCCC/C=C/C2=C(C)C(=O)OC2=O)C(=O)OC1=O. The molecule has 0 radical (unpaired) electrons. The monoisotopic (exact) mass is 344 g/mol. The van der Waals surface area contributed by atoms with E-state index in [1.807, 2.05) is 12.2 Å². The molecule has 132 valence electrons. The highest BCUT2D eigenvalue weighted by molar-refractivity contribution is 6.14. The molecule has 2 rings (SSSR count). The Morgan fingerprint density at radius 1 is 0.640 bits per heavy atom. The number of esters is 4. The van der Waals surface area contributed by atoms with E-state index in [1.54, 1.807) is 26.0 Å². The second-order valence-corrected chi connectivity index (χ2v) is 5.87. The van der Waals surface area contributed by atoms with Crippen molar-refractivity contribution in [3.05, 3.63) is 46.6 Å². The molecule has 0 aromatic rings. The molecule has 6 nitrogen and oxygen atoms in total. The molecule has 25 heavy (non-hydrogen) atoms. The fraction of sp³-hybridized carbons (Fsp3) is 0.368. The van der Waals surface area contributed by atoms with E-state index in [1.165, 1.54) is 0 Å². The molecule has 6 heteroatoms. The van der Waals surface area contributed by atoms with Gasteiger partial charge < -0.3 is 9.47 Å². The third-order valence-corrected chi connectivity index (χ3v) is 4.04. The van der Waals surface area contributed by atoms with Gasteiger partial charge in [0.05, 0.1) is 11.1 Å². The molecule has 0 fully saturated rings. The van der Waals surface area contributed by atoms with E-state index in [0.717, 1.165) is 32.1 Å². The second kappa shape index (κ2) is 8.37. The van der Waals surface area contributed by atoms with E-state index in [2.05, 4.69) is 9.47 Å². The Labute approximate surface area is 145 Å². The van der Waals surface area contributed by atoms with Crippen molar-refractivity contribution < 1.29 is 28.7 Å². The van der Waals surface area contributed by atoms with Crippen molar-refractivity contribution in [2.24, 2.45) is 0 Å². The molecule has 0 saturated carbocycles. The van der Waals surface area contributed by atoms with Gasteiger partial charge in [0.15, 0.2) is 0 Å². The largest absolute Gasteiger partial charge is 0.386 e. The normalized spacial score (nSPS) is 18.3. The molecular weight excluding hydrogens is 324 g/mol. The molecule has 0 spiro atoms. The van der Waals surface area contributed by atoms with Crippen molar-refractivity contribution in [1.82, 2.24) is 0 Å². The van der Waals surface area contributed by atoms with Crippen LogP contribution in [0.5, 0.6) is 0 Å². The van der Waals surface area contributed by atoms with Gasteiger partial charge in [0.2, 0.25) is 0 Å². The first-order valence-corrected chi connectivity index (χ1v) is 8.19. The predicted molar refractivity (Wildman–Crippen MR) is 89.0 cm³/mol. The van der Waals surface area contributed by atoms with Crippen LogP contribution in [0.25, 0.3) is 0 Å². The van der Waals surface area contributed by atoms with E-state index in [9.17, 15) is 19.2 Å². The van der Waals surface area contributed by atoms with Crippen LogP contribution >= 0.6 is 0 Å². The lowest BCUT2D eigenvalue weighted by molar-refractivity contribution is -0.152. The number of hydrogen-bond donors (Lipinski definition) is 0. The molecule has 0 bridgehead atoms. The molecule has 2 aliphatic heterocycles. The zero-order valence-electron chi connectivity index (χ0n) is 14.3. The van der Waals surface area contributed by atoms with Crippen LogP contribution < -0.4 is 0 Å². The molecule has 0 unspecified atom stereocenters. The molecule has 0 N–H and O–H groups in total. The number of allylic oxidation sites excluding steroid dienone is 2. The van der Waals surface area contributed by atoms with Crippen LogP contribution in [0.2, 0.25) is 0 Å². The van der Waals surface area contributed by atoms with Gasteiger partial charge in [-0.3, -0.25) is 0 Å². The van der Waals surface area contributed by atoms with E-state index in [0.29, 0.717) is 22.3 Å². The lowest BCUT2D eigenvalue weighted by atomic mass is 10.1. The number of unbranched alkanes of at least 4 members (excludes halogenated alkanes) is 4. The number of cyclic esters (lactones) is 4. The summed E-state index contributed by atoms with van der Waals surface area (Å²) in [6.45, 7) is 3.15. The summed E-state index contributed by atoms with van der Waals surface area (Å²) in [6.07, 6.45) is 11.5. The smallest absolute Gasteiger partial charge is 0.346 e. The number of hydrogen-bond acceptors (Lipinski definition) is 6. The Bertz CT molecular complexity index is 671. The average molecular weight is 344 g/mol. The maximum atomic E-state index is 11.4. The highest BCUT2D eigenvalue weighted by Gasteiger charge is 2.28.